The van der Waals surface area contributed by atoms with Gasteiger partial charge in [-0.15, -0.1) is 0 Å². The van der Waals surface area contributed by atoms with Crippen LogP contribution in [0, 0.1) is 5.82 Å². The number of carbonyl (C=O) groups excluding carboxylic acids is 1. The number of para-hydroxylation sites is 1. The number of alkyl halides is 3. The molecule has 4 atom stereocenters. The number of carbonyl (C=O) groups is 2. The van der Waals surface area contributed by atoms with Crippen molar-refractivity contribution in [1.29, 1.82) is 0 Å². The van der Waals surface area contributed by atoms with Crippen LogP contribution in [0.3, 0.4) is 0 Å². The van der Waals surface area contributed by atoms with Gasteiger partial charge in [0.2, 0.25) is 10.0 Å². The van der Waals surface area contributed by atoms with Gasteiger partial charge in [-0.25, -0.2) is 12.8 Å². The van der Waals surface area contributed by atoms with E-state index in [1.807, 2.05) is 0 Å². The van der Waals surface area contributed by atoms with E-state index in [4.69, 9.17) is 27.9 Å². The first-order valence-corrected chi connectivity index (χ1v) is 16.0. The summed E-state index contributed by atoms with van der Waals surface area (Å²) in [7, 11) is -4.51. The molecular weight excluding hydrogens is 663 g/mol. The Kier molecular flexibility index (Phi) is 9.37. The number of carboxylic acid groups (broad SMARTS) is 1. The van der Waals surface area contributed by atoms with Crippen molar-refractivity contribution < 1.29 is 45.4 Å². The van der Waals surface area contributed by atoms with Gasteiger partial charge < -0.3 is 14.7 Å². The standard InChI is InChI=1S/C30H26Cl2F4N2O6S/c31-19-10-8-17(9-11-19)27-28(18-4-3-5-20(32)14-18)44-24(15-26(39)40)29(41)38(27)25(30(34,35)36)16-37(45(42,43)21-12-13-21)23-7-2-1-6-22(23)33/h1-11,14,21,24-25,27-28H,12-13,15-16H2,(H,39,40)/t24-,25+,27-,28-/m1/s1. The molecule has 1 saturated carbocycles. The molecule has 3 aromatic rings. The number of sulfonamides is 1. The Balaban J connectivity index is 1.72. The Morgan fingerprint density at radius 1 is 1.00 bits per heavy atom. The van der Waals surface area contributed by atoms with Crippen LogP contribution in [0.15, 0.2) is 72.8 Å². The van der Waals surface area contributed by atoms with Crippen molar-refractivity contribution in [2.24, 2.45) is 0 Å². The molecule has 0 bridgehead atoms. The van der Waals surface area contributed by atoms with E-state index in [9.17, 15) is 23.1 Å². The molecular formula is C30H26Cl2F4N2O6S. The van der Waals surface area contributed by atoms with E-state index < -0.39 is 82.1 Å². The van der Waals surface area contributed by atoms with Crippen molar-refractivity contribution in [3.05, 3.63) is 99.8 Å². The average molecular weight is 690 g/mol. The van der Waals surface area contributed by atoms with Gasteiger partial charge in [-0.1, -0.05) is 59.6 Å². The third-order valence-corrected chi connectivity index (χ3v) is 10.4. The Morgan fingerprint density at radius 3 is 2.24 bits per heavy atom. The molecule has 2 fully saturated rings. The fraction of sp³-hybridized carbons (Fsp3) is 0.333. The monoisotopic (exact) mass is 688 g/mol. The predicted molar refractivity (Wildman–Crippen MR) is 158 cm³/mol. The van der Waals surface area contributed by atoms with Crippen LogP contribution in [0.25, 0.3) is 0 Å². The second-order valence-corrected chi connectivity index (χ2v) is 13.7. The first kappa shape index (κ1) is 33.0. The minimum absolute atomic E-state index is 0.128. The number of nitrogens with zero attached hydrogens (tertiary/aromatic N) is 2. The molecule has 15 heteroatoms. The predicted octanol–water partition coefficient (Wildman–Crippen LogP) is 6.55. The van der Waals surface area contributed by atoms with E-state index in [-0.39, 0.29) is 34.0 Å². The summed E-state index contributed by atoms with van der Waals surface area (Å²) in [5.74, 6) is -3.93. The molecule has 240 valence electrons. The molecule has 0 unspecified atom stereocenters. The maximum atomic E-state index is 15.3. The molecule has 5 rings (SSSR count). The van der Waals surface area contributed by atoms with Gasteiger partial charge in [0.15, 0.2) is 0 Å². The van der Waals surface area contributed by atoms with Crippen LogP contribution in [0.2, 0.25) is 10.0 Å². The van der Waals surface area contributed by atoms with Crippen LogP contribution >= 0.6 is 23.2 Å². The zero-order valence-corrected chi connectivity index (χ0v) is 25.5. The smallest absolute Gasteiger partial charge is 0.410 e. The zero-order valence-electron chi connectivity index (χ0n) is 23.2. The van der Waals surface area contributed by atoms with E-state index >= 15 is 17.6 Å². The molecule has 3 aromatic carbocycles. The van der Waals surface area contributed by atoms with Crippen LogP contribution in [-0.2, 0) is 24.3 Å². The van der Waals surface area contributed by atoms with Crippen LogP contribution in [0.1, 0.15) is 42.5 Å². The number of ether oxygens (including phenoxy) is 1. The molecule has 1 aliphatic heterocycles. The topological polar surface area (TPSA) is 104 Å². The van der Waals surface area contributed by atoms with Crippen LogP contribution < -0.4 is 4.31 Å². The SMILES string of the molecule is O=C(O)C[C@H]1O[C@H](c2cccc(Cl)c2)[C@@H](c2ccc(Cl)cc2)N([C@@H](CN(c2ccccc2F)S(=O)(=O)C2CC2)C(F)(F)F)C1=O. The summed E-state index contributed by atoms with van der Waals surface area (Å²) in [5.41, 5.74) is -0.257. The Morgan fingerprint density at radius 2 is 1.67 bits per heavy atom. The number of carboxylic acids is 1. The zero-order chi connectivity index (χ0) is 32.7. The van der Waals surface area contributed by atoms with Crippen LogP contribution in [0.5, 0.6) is 0 Å². The highest BCUT2D eigenvalue weighted by molar-refractivity contribution is 7.93. The summed E-state index contributed by atoms with van der Waals surface area (Å²) in [6.45, 7) is -1.40. The number of rotatable bonds is 10. The molecule has 8 nitrogen and oxygen atoms in total. The summed E-state index contributed by atoms with van der Waals surface area (Å²) >= 11 is 12.3. The van der Waals surface area contributed by atoms with E-state index in [0.29, 0.717) is 9.21 Å². The molecule has 1 N–H and O–H groups in total. The first-order chi connectivity index (χ1) is 21.2. The summed E-state index contributed by atoms with van der Waals surface area (Å²) in [4.78, 5) is 26.1. The van der Waals surface area contributed by atoms with E-state index in [0.717, 1.165) is 12.1 Å². The number of benzene rings is 3. The summed E-state index contributed by atoms with van der Waals surface area (Å²) in [5, 5.41) is 8.95. The molecule has 0 spiro atoms. The van der Waals surface area contributed by atoms with Gasteiger partial charge in [0, 0.05) is 10.0 Å². The number of morpholine rings is 1. The highest BCUT2D eigenvalue weighted by Gasteiger charge is 2.56. The molecule has 1 aliphatic carbocycles. The minimum atomic E-state index is -5.28. The quantitative estimate of drug-likeness (QED) is 0.243. The molecule has 1 heterocycles. The normalized spacial score (nSPS) is 21.4. The van der Waals surface area contributed by atoms with Gasteiger partial charge in [0.25, 0.3) is 5.91 Å². The van der Waals surface area contributed by atoms with E-state index in [1.165, 1.54) is 60.7 Å². The largest absolute Gasteiger partial charge is 0.481 e. The Labute approximate surface area is 266 Å². The second-order valence-electron chi connectivity index (χ2n) is 10.7. The van der Waals surface area contributed by atoms with Crippen LogP contribution in [0.4, 0.5) is 23.2 Å². The molecule has 0 radical (unpaired) electrons. The lowest BCUT2D eigenvalue weighted by Gasteiger charge is -2.49. The van der Waals surface area contributed by atoms with Gasteiger partial charge in [-0.05, 0) is 60.4 Å². The van der Waals surface area contributed by atoms with Crippen LogP contribution in [-0.4, -0.2) is 60.4 Å². The Hall–Kier alpha value is -3.39. The maximum Gasteiger partial charge on any atom is 0.410 e. The number of amides is 1. The second kappa shape index (κ2) is 12.8. The maximum absolute atomic E-state index is 15.3. The van der Waals surface area contributed by atoms with Crippen molar-refractivity contribution in [2.75, 3.05) is 10.8 Å². The van der Waals surface area contributed by atoms with Crippen molar-refractivity contribution in [2.45, 2.75) is 55.0 Å². The number of anilines is 1. The van der Waals surface area contributed by atoms with Crippen molar-refractivity contribution in [1.82, 2.24) is 4.90 Å². The molecule has 45 heavy (non-hydrogen) atoms. The molecule has 1 saturated heterocycles. The lowest BCUT2D eigenvalue weighted by molar-refractivity contribution is -0.222. The number of halogens is 6. The average Bonchev–Trinajstić information content (AvgIpc) is 3.82. The van der Waals surface area contributed by atoms with Crippen molar-refractivity contribution >= 4 is 50.8 Å². The Bertz CT molecular complexity index is 1690. The van der Waals surface area contributed by atoms with Crippen molar-refractivity contribution in [3.63, 3.8) is 0 Å². The van der Waals surface area contributed by atoms with E-state index in [2.05, 4.69) is 0 Å². The highest BCUT2D eigenvalue weighted by atomic mass is 35.5. The molecule has 0 aromatic heterocycles. The van der Waals surface area contributed by atoms with Gasteiger partial charge in [-0.3, -0.25) is 13.9 Å². The number of hydrogen-bond acceptors (Lipinski definition) is 5. The fourth-order valence-electron chi connectivity index (χ4n) is 5.39. The van der Waals surface area contributed by atoms with Gasteiger partial charge in [0.05, 0.1) is 29.9 Å². The summed E-state index contributed by atoms with van der Waals surface area (Å²) < 4.78 is 94.3. The third-order valence-electron chi connectivity index (χ3n) is 7.60. The first-order valence-electron chi connectivity index (χ1n) is 13.7. The lowest BCUT2D eigenvalue weighted by atomic mass is 9.89. The summed E-state index contributed by atoms with van der Waals surface area (Å²) in [6, 6.07) is 11.5. The van der Waals surface area contributed by atoms with Gasteiger partial charge in [0.1, 0.15) is 24.1 Å². The van der Waals surface area contributed by atoms with Gasteiger partial charge >= 0.3 is 12.1 Å². The molecule has 1 amide bonds. The third kappa shape index (κ3) is 7.06. The fourth-order valence-corrected chi connectivity index (χ4v) is 7.57. The van der Waals surface area contributed by atoms with Gasteiger partial charge in [-0.2, -0.15) is 13.2 Å². The van der Waals surface area contributed by atoms with Crippen molar-refractivity contribution in [3.8, 4) is 0 Å². The summed E-state index contributed by atoms with van der Waals surface area (Å²) in [6.07, 6.45) is -9.20. The minimum Gasteiger partial charge on any atom is -0.481 e. The number of hydrogen-bond donors (Lipinski definition) is 1. The lowest BCUT2D eigenvalue weighted by Crippen LogP contribution is -2.62. The molecule has 2 aliphatic rings. The highest BCUT2D eigenvalue weighted by Crippen LogP contribution is 2.47. The number of aliphatic carboxylic acids is 1. The van der Waals surface area contributed by atoms with E-state index in [1.54, 1.807) is 0 Å².